The molecule has 1 fully saturated rings. The van der Waals surface area contributed by atoms with Gasteiger partial charge in [-0.05, 0) is 60.5 Å². The SMILES string of the molecule is COc1cc(N2CCOC2=O)ccc1Nc1nc2ccc(-c3ccc(NC(=O)[C@H](C)c4ccccc4F)cc3)cn2n1. The van der Waals surface area contributed by atoms with Crippen LogP contribution in [0.1, 0.15) is 18.4 Å². The third-order valence-electron chi connectivity index (χ3n) is 7.09. The number of benzene rings is 3. The van der Waals surface area contributed by atoms with E-state index in [2.05, 4.69) is 20.7 Å². The number of methoxy groups -OCH3 is 1. The highest BCUT2D eigenvalue weighted by molar-refractivity contribution is 5.95. The fourth-order valence-electron chi connectivity index (χ4n) is 4.77. The summed E-state index contributed by atoms with van der Waals surface area (Å²) in [6.07, 6.45) is 1.48. The molecule has 2 amide bonds. The van der Waals surface area contributed by atoms with Crippen molar-refractivity contribution in [2.24, 2.45) is 0 Å². The maximum Gasteiger partial charge on any atom is 0.414 e. The summed E-state index contributed by atoms with van der Waals surface area (Å²) in [5, 5.41) is 10.6. The molecule has 212 valence electrons. The first-order valence-corrected chi connectivity index (χ1v) is 13.3. The summed E-state index contributed by atoms with van der Waals surface area (Å²) >= 11 is 0. The average Bonchev–Trinajstić information content (AvgIpc) is 3.62. The summed E-state index contributed by atoms with van der Waals surface area (Å²) in [5.41, 5.74) is 4.75. The Hall–Kier alpha value is -5.45. The Morgan fingerprint density at radius 2 is 1.83 bits per heavy atom. The van der Waals surface area contributed by atoms with E-state index in [1.807, 2.05) is 30.5 Å². The molecule has 1 aliphatic heterocycles. The molecule has 11 heteroatoms. The lowest BCUT2D eigenvalue weighted by atomic mass is 9.99. The van der Waals surface area contributed by atoms with Gasteiger partial charge in [0.15, 0.2) is 5.65 Å². The Labute approximate surface area is 240 Å². The number of cyclic esters (lactones) is 1. The van der Waals surface area contributed by atoms with Gasteiger partial charge in [0.2, 0.25) is 11.9 Å². The number of rotatable bonds is 8. The quantitative estimate of drug-likeness (QED) is 0.238. The fraction of sp³-hybridized carbons (Fsp3) is 0.161. The highest BCUT2D eigenvalue weighted by atomic mass is 19.1. The Bertz CT molecular complexity index is 1790. The lowest BCUT2D eigenvalue weighted by molar-refractivity contribution is -0.117. The summed E-state index contributed by atoms with van der Waals surface area (Å²) in [6, 6.07) is 22.8. The van der Waals surface area contributed by atoms with E-state index < -0.39 is 11.7 Å². The number of hydrogen-bond donors (Lipinski definition) is 2. The molecule has 0 saturated carbocycles. The predicted molar refractivity (Wildman–Crippen MR) is 157 cm³/mol. The van der Waals surface area contributed by atoms with Crippen molar-refractivity contribution in [2.75, 3.05) is 35.8 Å². The third kappa shape index (κ3) is 5.31. The minimum Gasteiger partial charge on any atom is -0.494 e. The Morgan fingerprint density at radius 3 is 2.57 bits per heavy atom. The molecule has 1 aliphatic rings. The minimum absolute atomic E-state index is 0.290. The molecule has 0 unspecified atom stereocenters. The van der Waals surface area contributed by atoms with Gasteiger partial charge < -0.3 is 20.1 Å². The van der Waals surface area contributed by atoms with Crippen LogP contribution in [0.5, 0.6) is 5.75 Å². The number of nitrogens with zero attached hydrogens (tertiary/aromatic N) is 4. The topological polar surface area (TPSA) is 110 Å². The molecule has 1 saturated heterocycles. The molecule has 10 nitrogen and oxygen atoms in total. The summed E-state index contributed by atoms with van der Waals surface area (Å²) in [4.78, 5) is 30.7. The van der Waals surface area contributed by atoms with Crippen LogP contribution in [0.2, 0.25) is 0 Å². The van der Waals surface area contributed by atoms with E-state index in [0.29, 0.717) is 53.1 Å². The van der Waals surface area contributed by atoms with Crippen LogP contribution in [0, 0.1) is 5.82 Å². The van der Waals surface area contributed by atoms with Crippen molar-refractivity contribution in [1.82, 2.24) is 14.6 Å². The summed E-state index contributed by atoms with van der Waals surface area (Å²) in [5.74, 6) is -0.421. The molecule has 3 heterocycles. The second-order valence-corrected chi connectivity index (χ2v) is 9.74. The van der Waals surface area contributed by atoms with Gasteiger partial charge in [0.25, 0.3) is 0 Å². The van der Waals surface area contributed by atoms with Gasteiger partial charge in [-0.1, -0.05) is 30.3 Å². The molecule has 0 bridgehead atoms. The molecule has 0 radical (unpaired) electrons. The standard InChI is InChI=1S/C31H27FN6O4/c1-19(24-5-3-4-6-25(24)32)29(39)33-22-10-7-20(8-11-22)21-9-14-28-35-30(36-38(28)18-21)34-26-13-12-23(17-27(26)41-2)37-15-16-42-31(37)40/h3-14,17-19H,15-16H2,1-2H3,(H,33,39)(H,34,36)/t19-/m1/s1. The molecule has 42 heavy (non-hydrogen) atoms. The van der Waals surface area contributed by atoms with Crippen LogP contribution in [0.15, 0.2) is 85.1 Å². The van der Waals surface area contributed by atoms with Gasteiger partial charge in [0, 0.05) is 23.5 Å². The van der Waals surface area contributed by atoms with Gasteiger partial charge in [-0.3, -0.25) is 9.69 Å². The molecule has 1 atom stereocenters. The number of fused-ring (bicyclic) bond motifs is 1. The first-order chi connectivity index (χ1) is 20.4. The van der Waals surface area contributed by atoms with Crippen molar-refractivity contribution in [2.45, 2.75) is 12.8 Å². The molecule has 3 aromatic carbocycles. The minimum atomic E-state index is -0.634. The van der Waals surface area contributed by atoms with Crippen molar-refractivity contribution in [3.63, 3.8) is 0 Å². The Kier molecular flexibility index (Phi) is 7.14. The third-order valence-corrected chi connectivity index (χ3v) is 7.09. The number of amides is 2. The van der Waals surface area contributed by atoms with Gasteiger partial charge >= 0.3 is 6.09 Å². The van der Waals surface area contributed by atoms with Crippen molar-refractivity contribution >= 4 is 40.7 Å². The van der Waals surface area contributed by atoms with Gasteiger partial charge in [0.1, 0.15) is 18.2 Å². The number of hydrogen-bond acceptors (Lipinski definition) is 7. The number of nitrogens with one attached hydrogen (secondary N) is 2. The van der Waals surface area contributed by atoms with Gasteiger partial charge in [-0.25, -0.2) is 13.7 Å². The maximum absolute atomic E-state index is 14.1. The molecule has 5 aromatic rings. The van der Waals surface area contributed by atoms with E-state index in [0.717, 1.165) is 11.1 Å². The monoisotopic (exact) mass is 566 g/mol. The molecule has 6 rings (SSSR count). The highest BCUT2D eigenvalue weighted by Gasteiger charge is 2.24. The second kappa shape index (κ2) is 11.2. The Balaban J connectivity index is 1.16. The molecule has 2 N–H and O–H groups in total. The van der Waals surface area contributed by atoms with Crippen molar-refractivity contribution < 1.29 is 23.5 Å². The van der Waals surface area contributed by atoms with E-state index >= 15 is 0 Å². The molecule has 2 aromatic heterocycles. The van der Waals surface area contributed by atoms with E-state index in [-0.39, 0.29) is 12.0 Å². The largest absolute Gasteiger partial charge is 0.494 e. The smallest absolute Gasteiger partial charge is 0.414 e. The Morgan fingerprint density at radius 1 is 1.05 bits per heavy atom. The van der Waals surface area contributed by atoms with E-state index in [1.54, 1.807) is 72.0 Å². The van der Waals surface area contributed by atoms with Gasteiger partial charge in [0.05, 0.1) is 30.9 Å². The summed E-state index contributed by atoms with van der Waals surface area (Å²) in [7, 11) is 1.55. The predicted octanol–water partition coefficient (Wildman–Crippen LogP) is 5.99. The number of carbonyl (C=O) groups is 2. The average molecular weight is 567 g/mol. The molecular formula is C31H27FN6O4. The maximum atomic E-state index is 14.1. The normalized spacial score (nSPS) is 13.6. The van der Waals surface area contributed by atoms with Crippen molar-refractivity contribution in [3.05, 3.63) is 96.4 Å². The second-order valence-electron chi connectivity index (χ2n) is 9.74. The number of ether oxygens (including phenoxy) is 2. The van der Waals surface area contributed by atoms with Crippen LogP contribution < -0.4 is 20.3 Å². The van der Waals surface area contributed by atoms with Crippen LogP contribution in [0.4, 0.5) is 32.2 Å². The van der Waals surface area contributed by atoms with Gasteiger partial charge in [-0.15, -0.1) is 5.10 Å². The van der Waals surface area contributed by atoms with E-state index in [9.17, 15) is 14.0 Å². The van der Waals surface area contributed by atoms with E-state index in [1.165, 1.54) is 6.07 Å². The van der Waals surface area contributed by atoms with Crippen LogP contribution in [0.25, 0.3) is 16.8 Å². The van der Waals surface area contributed by atoms with Crippen LogP contribution in [0.3, 0.4) is 0 Å². The first-order valence-electron chi connectivity index (χ1n) is 13.3. The number of pyridine rings is 1. The van der Waals surface area contributed by atoms with Crippen LogP contribution >= 0.6 is 0 Å². The fourth-order valence-corrected chi connectivity index (χ4v) is 4.77. The molecule has 0 aliphatic carbocycles. The van der Waals surface area contributed by atoms with E-state index in [4.69, 9.17) is 9.47 Å². The van der Waals surface area contributed by atoms with Crippen LogP contribution in [-0.2, 0) is 9.53 Å². The number of anilines is 4. The van der Waals surface area contributed by atoms with Crippen molar-refractivity contribution in [3.8, 4) is 16.9 Å². The molecular weight excluding hydrogens is 539 g/mol. The summed E-state index contributed by atoms with van der Waals surface area (Å²) < 4.78 is 26.3. The number of carbonyl (C=O) groups excluding carboxylic acids is 2. The highest BCUT2D eigenvalue weighted by Crippen LogP contribution is 2.33. The lowest BCUT2D eigenvalue weighted by Crippen LogP contribution is -2.23. The zero-order valence-corrected chi connectivity index (χ0v) is 22.9. The van der Waals surface area contributed by atoms with Crippen LogP contribution in [-0.4, -0.2) is 46.9 Å². The number of aromatic nitrogens is 3. The zero-order chi connectivity index (χ0) is 29.2. The summed E-state index contributed by atoms with van der Waals surface area (Å²) in [6.45, 7) is 2.51. The van der Waals surface area contributed by atoms with Crippen molar-refractivity contribution in [1.29, 1.82) is 0 Å². The number of halogens is 1. The zero-order valence-electron chi connectivity index (χ0n) is 22.9. The first kappa shape index (κ1) is 26.8. The molecule has 0 spiro atoms. The van der Waals surface area contributed by atoms with Gasteiger partial charge in [-0.2, -0.15) is 4.98 Å². The lowest BCUT2D eigenvalue weighted by Gasteiger charge is -2.16.